The molecule has 6 nitrogen and oxygen atoms in total. The van der Waals surface area contributed by atoms with Crippen molar-refractivity contribution in [2.45, 2.75) is 0 Å². The van der Waals surface area contributed by atoms with E-state index in [-0.39, 0.29) is 0 Å². The molecule has 0 radical (unpaired) electrons. The maximum Gasteiger partial charge on any atom is 0.240 e. The van der Waals surface area contributed by atoms with Gasteiger partial charge in [-0.05, 0) is 18.2 Å². The minimum atomic E-state index is -0.708. The highest BCUT2D eigenvalue weighted by molar-refractivity contribution is 5.84. The number of benzene rings is 1. The number of aromatic hydroxyl groups is 4. The Morgan fingerprint density at radius 3 is 1.60 bits per heavy atom. The third-order valence-electron chi connectivity index (χ3n) is 1.31. The second kappa shape index (κ2) is 5.38. The van der Waals surface area contributed by atoms with Gasteiger partial charge in [-0.3, -0.25) is 4.79 Å². The molecule has 0 saturated carbocycles. The molecule has 0 unspecified atom stereocenters. The summed E-state index contributed by atoms with van der Waals surface area (Å²) in [5.74, 6) is -2.82. The first-order valence-electron chi connectivity index (χ1n) is 3.74. The second-order valence-corrected chi connectivity index (χ2v) is 2.41. The van der Waals surface area contributed by atoms with Gasteiger partial charge in [-0.15, -0.1) is 0 Å². The molecule has 6 N–H and O–H groups in total. The average molecular weight is 213 g/mol. The quantitative estimate of drug-likeness (QED) is 0.258. The van der Waals surface area contributed by atoms with E-state index in [1.54, 1.807) is 0 Å². The van der Waals surface area contributed by atoms with Gasteiger partial charge in [0.05, 0.1) is 0 Å². The van der Waals surface area contributed by atoms with Crippen molar-refractivity contribution in [3.05, 3.63) is 24.8 Å². The van der Waals surface area contributed by atoms with Crippen molar-refractivity contribution in [2.75, 3.05) is 0 Å². The molecule has 1 amide bonds. The highest BCUT2D eigenvalue weighted by Crippen LogP contribution is 2.40. The van der Waals surface area contributed by atoms with Crippen LogP contribution in [0.4, 0.5) is 0 Å². The van der Waals surface area contributed by atoms with Crippen molar-refractivity contribution in [1.82, 2.24) is 0 Å². The second-order valence-electron chi connectivity index (χ2n) is 2.41. The fraction of sp³-hybridized carbons (Fsp3) is 0. The molecule has 0 aliphatic rings. The summed E-state index contributed by atoms with van der Waals surface area (Å²) in [7, 11) is 0. The number of primary amides is 1. The van der Waals surface area contributed by atoms with Crippen LogP contribution in [-0.2, 0) is 4.79 Å². The van der Waals surface area contributed by atoms with E-state index >= 15 is 0 Å². The molecule has 0 fully saturated rings. The summed E-state index contributed by atoms with van der Waals surface area (Å²) in [5, 5.41) is 34.9. The van der Waals surface area contributed by atoms with Crippen LogP contribution in [0.1, 0.15) is 0 Å². The van der Waals surface area contributed by atoms with Crippen molar-refractivity contribution in [2.24, 2.45) is 5.73 Å². The van der Waals surface area contributed by atoms with Crippen molar-refractivity contribution < 1.29 is 25.2 Å². The Kier molecular flexibility index (Phi) is 4.53. The average Bonchev–Trinajstić information content (AvgIpc) is 2.21. The summed E-state index contributed by atoms with van der Waals surface area (Å²) >= 11 is 0. The summed E-state index contributed by atoms with van der Waals surface area (Å²) in [4.78, 5) is 9.47. The minimum absolute atomic E-state index is 0.463. The predicted molar refractivity (Wildman–Crippen MR) is 52.5 cm³/mol. The highest BCUT2D eigenvalue weighted by atomic mass is 16.3. The monoisotopic (exact) mass is 213 g/mol. The maximum absolute atomic E-state index is 9.47. The fourth-order valence-electron chi connectivity index (χ4n) is 0.558. The van der Waals surface area contributed by atoms with Crippen LogP contribution >= 0.6 is 0 Å². The van der Waals surface area contributed by atoms with Gasteiger partial charge in [-0.2, -0.15) is 0 Å². The molecule has 0 aliphatic heterocycles. The molecule has 82 valence electrons. The molecular formula is C9H11NO5. The molecule has 6 heteroatoms. The third-order valence-corrected chi connectivity index (χ3v) is 1.31. The predicted octanol–water partition coefficient (Wildman–Crippen LogP) is 0.167. The van der Waals surface area contributed by atoms with Gasteiger partial charge >= 0.3 is 0 Å². The summed E-state index contributed by atoms with van der Waals surface area (Å²) in [6, 6.07) is 2.15. The lowest BCUT2D eigenvalue weighted by Crippen LogP contribution is -2.04. The number of carbonyl (C=O) groups excluding carboxylic acids is 1. The molecule has 15 heavy (non-hydrogen) atoms. The van der Waals surface area contributed by atoms with Gasteiger partial charge < -0.3 is 26.2 Å². The van der Waals surface area contributed by atoms with Gasteiger partial charge in [0.1, 0.15) is 0 Å². The molecule has 0 aromatic heterocycles. The molecule has 1 aromatic rings. The Bertz CT molecular complexity index is 348. The molecule has 0 bridgehead atoms. The van der Waals surface area contributed by atoms with Gasteiger partial charge in [0.25, 0.3) is 0 Å². The topological polar surface area (TPSA) is 124 Å². The van der Waals surface area contributed by atoms with Crippen molar-refractivity contribution >= 4 is 5.91 Å². The first-order valence-corrected chi connectivity index (χ1v) is 3.74. The van der Waals surface area contributed by atoms with E-state index in [0.717, 1.165) is 18.2 Å². The van der Waals surface area contributed by atoms with E-state index in [0.29, 0.717) is 0 Å². The number of phenolic OH excluding ortho intramolecular Hbond substituents is 4. The number of hydrogen-bond donors (Lipinski definition) is 5. The molecule has 0 atom stereocenters. The smallest absolute Gasteiger partial charge is 0.240 e. The zero-order valence-electron chi connectivity index (χ0n) is 7.71. The van der Waals surface area contributed by atoms with E-state index in [1.165, 1.54) is 0 Å². The fourth-order valence-corrected chi connectivity index (χ4v) is 0.558. The highest BCUT2D eigenvalue weighted by Gasteiger charge is 2.08. The lowest BCUT2D eigenvalue weighted by atomic mass is 10.3. The molecule has 0 heterocycles. The van der Waals surface area contributed by atoms with Crippen LogP contribution in [0.3, 0.4) is 0 Å². The maximum atomic E-state index is 9.47. The largest absolute Gasteiger partial charge is 0.504 e. The zero-order valence-corrected chi connectivity index (χ0v) is 7.71. The molecule has 0 saturated heterocycles. The Hall–Kier alpha value is -2.37. The summed E-state index contributed by atoms with van der Waals surface area (Å²) < 4.78 is 0. The first-order chi connectivity index (χ1) is 6.90. The minimum Gasteiger partial charge on any atom is -0.504 e. The molecular weight excluding hydrogens is 202 g/mol. The lowest BCUT2D eigenvalue weighted by Gasteiger charge is -2.00. The Morgan fingerprint density at radius 2 is 1.40 bits per heavy atom. The van der Waals surface area contributed by atoms with Crippen molar-refractivity contribution in [1.29, 1.82) is 0 Å². The number of rotatable bonds is 1. The Labute approximate surface area is 85.5 Å². The van der Waals surface area contributed by atoms with E-state index in [9.17, 15) is 4.79 Å². The van der Waals surface area contributed by atoms with Crippen molar-refractivity contribution in [3.63, 3.8) is 0 Å². The van der Waals surface area contributed by atoms with Crippen molar-refractivity contribution in [3.8, 4) is 23.0 Å². The third kappa shape index (κ3) is 3.90. The number of carbonyl (C=O) groups is 1. The van der Waals surface area contributed by atoms with Gasteiger partial charge in [-0.1, -0.05) is 6.58 Å². The van der Waals surface area contributed by atoms with Crippen LogP contribution in [0.5, 0.6) is 23.0 Å². The lowest BCUT2D eigenvalue weighted by molar-refractivity contribution is -0.113. The van der Waals surface area contributed by atoms with Gasteiger partial charge in [0.15, 0.2) is 11.5 Å². The van der Waals surface area contributed by atoms with Crippen LogP contribution < -0.4 is 5.73 Å². The summed E-state index contributed by atoms with van der Waals surface area (Å²) in [6.07, 6.45) is 1.06. The van der Waals surface area contributed by atoms with Crippen LogP contribution in [0, 0.1) is 0 Å². The number of nitrogens with two attached hydrogens (primary N) is 1. The standard InChI is InChI=1S/C6H6O4.C3H5NO/c7-3-1-2-4(8)6(10)5(3)9;1-2-3(4)5/h1-2,7-10H;2H,1H2,(H2,4,5). The van der Waals surface area contributed by atoms with E-state index in [2.05, 4.69) is 12.3 Å². The normalized spacial score (nSPS) is 8.53. The Balaban J connectivity index is 0.000000336. The summed E-state index contributed by atoms with van der Waals surface area (Å²) in [5.41, 5.74) is 4.53. The van der Waals surface area contributed by atoms with Crippen LogP contribution in [-0.4, -0.2) is 26.3 Å². The van der Waals surface area contributed by atoms with E-state index in [4.69, 9.17) is 20.4 Å². The molecule has 1 aromatic carbocycles. The van der Waals surface area contributed by atoms with Gasteiger partial charge in [0, 0.05) is 0 Å². The van der Waals surface area contributed by atoms with Gasteiger partial charge in [-0.25, -0.2) is 0 Å². The van der Waals surface area contributed by atoms with E-state index < -0.39 is 28.9 Å². The zero-order chi connectivity index (χ0) is 12.0. The Morgan fingerprint density at radius 1 is 1.13 bits per heavy atom. The SMILES string of the molecule is C=CC(N)=O.Oc1ccc(O)c(O)c1O. The molecule has 1 rings (SSSR count). The molecule has 0 spiro atoms. The van der Waals surface area contributed by atoms with Gasteiger partial charge in [0.2, 0.25) is 17.4 Å². The van der Waals surface area contributed by atoms with Crippen LogP contribution in [0.25, 0.3) is 0 Å². The van der Waals surface area contributed by atoms with Crippen LogP contribution in [0.2, 0.25) is 0 Å². The molecule has 0 aliphatic carbocycles. The number of phenols is 4. The van der Waals surface area contributed by atoms with E-state index in [1.807, 2.05) is 0 Å². The summed E-state index contributed by atoms with van der Waals surface area (Å²) in [6.45, 7) is 3.09. The first kappa shape index (κ1) is 12.6. The number of amides is 1. The van der Waals surface area contributed by atoms with Crippen LogP contribution in [0.15, 0.2) is 24.8 Å². The number of hydrogen-bond acceptors (Lipinski definition) is 5.